The molecule has 0 heterocycles. The highest BCUT2D eigenvalue weighted by Gasteiger charge is 2.20. The zero-order chi connectivity index (χ0) is 80.5. The SMILES string of the molecule is c1ccc(COc2cc(COc3cc(COP(OCc4cc(OCc5cc(OCc6ccccc6)cc(OCc6ccccc6)c5)cc(OCc5cc(OCc6ccccc6)cc(OCc6ccccc6)c5)c4)c4ccccc4)cc(OCc4cc(OCc5ccccc5)cc(OCc5ccccc5)c4)c3)cc(OCc3ccccc3)c2)cc1. The van der Waals surface area contributed by atoms with Crippen molar-refractivity contribution in [3.8, 4) is 69.0 Å². The fourth-order valence-electron chi connectivity index (χ4n) is 12.9. The highest BCUT2D eigenvalue weighted by molar-refractivity contribution is 7.55. The summed E-state index contributed by atoms with van der Waals surface area (Å²) in [6.07, 6.45) is 0. The van der Waals surface area contributed by atoms with Crippen LogP contribution in [0.3, 0.4) is 0 Å². The summed E-state index contributed by atoms with van der Waals surface area (Å²) in [5.74, 6) is 7.26. The summed E-state index contributed by atoms with van der Waals surface area (Å²) in [6.45, 7) is 3.77. The Morgan fingerprint density at radius 1 is 0.126 bits per heavy atom. The molecule has 0 amide bonds. The van der Waals surface area contributed by atoms with E-state index in [9.17, 15) is 0 Å². The second-order valence-corrected chi connectivity index (χ2v) is 29.9. The third-order valence-corrected chi connectivity index (χ3v) is 20.4. The molecule has 0 saturated carbocycles. The molecule has 14 nitrogen and oxygen atoms in total. The van der Waals surface area contributed by atoms with Gasteiger partial charge in [-0.15, -0.1) is 0 Å². The maximum absolute atomic E-state index is 7.05. The van der Waals surface area contributed by atoms with Gasteiger partial charge in [0.15, 0.2) is 0 Å². The van der Waals surface area contributed by atoms with E-state index in [1.165, 1.54) is 0 Å². The number of hydrogen-bond acceptors (Lipinski definition) is 14. The van der Waals surface area contributed by atoms with Crippen molar-refractivity contribution in [2.24, 2.45) is 0 Å². The van der Waals surface area contributed by atoms with E-state index < -0.39 is 8.38 Å². The molecule has 0 radical (unpaired) electrons. The topological polar surface area (TPSA) is 129 Å². The summed E-state index contributed by atoms with van der Waals surface area (Å²) in [5, 5.41) is 0.855. The van der Waals surface area contributed by atoms with Crippen molar-refractivity contribution in [3.05, 3.63) is 460 Å². The number of benzene rings is 15. The molecule has 0 bridgehead atoms. The lowest BCUT2D eigenvalue weighted by molar-refractivity contribution is 0.239. The molecule has 0 fully saturated rings. The van der Waals surface area contributed by atoms with Crippen LogP contribution in [0.25, 0.3) is 0 Å². The summed E-state index contributed by atoms with van der Waals surface area (Å²) >= 11 is 0. The number of ether oxygens (including phenoxy) is 12. The van der Waals surface area contributed by atoms with E-state index in [0.717, 1.165) is 83.2 Å². The Morgan fingerprint density at radius 3 is 0.403 bits per heavy atom. The van der Waals surface area contributed by atoms with Crippen LogP contribution in [0, 0.1) is 0 Å². The van der Waals surface area contributed by atoms with Crippen LogP contribution < -0.4 is 62.1 Å². The Bertz CT molecular complexity index is 4700. The summed E-state index contributed by atoms with van der Waals surface area (Å²) in [6, 6.07) is 126. The van der Waals surface area contributed by atoms with Gasteiger partial charge in [-0.05, 0) is 163 Å². The predicted molar refractivity (Wildman–Crippen MR) is 465 cm³/mol. The quantitative estimate of drug-likeness (QED) is 0.0336. The van der Waals surface area contributed by atoms with Gasteiger partial charge in [-0.25, -0.2) is 0 Å². The first kappa shape index (κ1) is 80.4. The van der Waals surface area contributed by atoms with Crippen LogP contribution in [-0.4, -0.2) is 0 Å². The Kier molecular flexibility index (Phi) is 28.9. The summed E-state index contributed by atoms with van der Waals surface area (Å²) < 4.78 is 93.0. The molecule has 0 spiro atoms. The molecule has 0 aromatic heterocycles. The van der Waals surface area contributed by atoms with Gasteiger partial charge in [-0.3, -0.25) is 0 Å². The minimum atomic E-state index is -1.79. The van der Waals surface area contributed by atoms with Crippen molar-refractivity contribution in [2.75, 3.05) is 0 Å². The zero-order valence-corrected chi connectivity index (χ0v) is 66.8. The maximum Gasteiger partial charge on any atom is 0.205 e. The first-order valence-electron chi connectivity index (χ1n) is 39.6. The third-order valence-electron chi connectivity index (χ3n) is 18.9. The molecular weight excluding hydrogens is 1500 g/mol. The normalized spacial score (nSPS) is 11.0. The van der Waals surface area contributed by atoms with Crippen molar-refractivity contribution in [3.63, 3.8) is 0 Å². The predicted octanol–water partition coefficient (Wildman–Crippen LogP) is 24.0. The average molecular weight is 1600 g/mol. The minimum Gasteiger partial charge on any atom is -0.489 e. The number of rotatable bonds is 43. The van der Waals surface area contributed by atoms with Crippen molar-refractivity contribution in [1.82, 2.24) is 0 Å². The van der Waals surface area contributed by atoms with Crippen molar-refractivity contribution >= 4 is 13.7 Å². The lowest BCUT2D eigenvalue weighted by atomic mass is 10.2. The van der Waals surface area contributed by atoms with E-state index in [1.807, 2.05) is 382 Å². The highest BCUT2D eigenvalue weighted by Crippen LogP contribution is 2.42. The monoisotopic (exact) mass is 1590 g/mol. The fraction of sp³-hybridized carbons (Fsp3) is 0.135. The van der Waals surface area contributed by atoms with Gasteiger partial charge in [0, 0.05) is 41.7 Å². The standard InChI is InChI=1S/C104H91O14P/c1-10-28-78(29-11-1)64-105-92-46-86(47-93(58-92)106-65-79-30-12-2-13-31-79)72-113-100-54-90(55-101(62-100)114-73-87-48-94(107-66-80-32-14-3-15-33-80)59-95(49-87)108-67-81-34-16-4-17-35-81)76-117-119(104-44-26-9-27-45-104)118-77-91-56-102(115-74-88-50-96(109-68-82-36-18-5-19-37-82)60-97(51-88)110-69-83-38-20-6-21-39-83)63-103(57-91)116-75-89-52-98(111-70-84-40-22-7-23-41-84)61-99(53-89)112-71-85-42-24-8-25-43-85/h1-63H,64-77H2. The van der Waals surface area contributed by atoms with Gasteiger partial charge in [-0.2, -0.15) is 0 Å². The van der Waals surface area contributed by atoms with Crippen LogP contribution in [0.1, 0.15) is 77.9 Å². The molecule has 0 aliphatic carbocycles. The van der Waals surface area contributed by atoms with E-state index >= 15 is 0 Å². The van der Waals surface area contributed by atoms with Crippen molar-refractivity contribution < 1.29 is 65.9 Å². The summed E-state index contributed by atoms with van der Waals surface area (Å²) in [5.41, 5.74) is 13.1. The van der Waals surface area contributed by atoms with Gasteiger partial charge in [0.1, 0.15) is 148 Å². The summed E-state index contributed by atoms with van der Waals surface area (Å²) in [7, 11) is -1.79. The third kappa shape index (κ3) is 26.1. The smallest absolute Gasteiger partial charge is 0.205 e. The lowest BCUT2D eigenvalue weighted by Gasteiger charge is -2.20. The minimum absolute atomic E-state index is 0.0998. The molecule has 15 aromatic carbocycles. The van der Waals surface area contributed by atoms with E-state index in [-0.39, 0.29) is 39.6 Å². The summed E-state index contributed by atoms with van der Waals surface area (Å²) in [4.78, 5) is 0. The van der Waals surface area contributed by atoms with E-state index in [0.29, 0.717) is 122 Å². The largest absolute Gasteiger partial charge is 0.489 e. The maximum atomic E-state index is 7.05. The Hall–Kier alpha value is -13.8. The van der Waals surface area contributed by atoms with Crippen molar-refractivity contribution in [1.29, 1.82) is 0 Å². The highest BCUT2D eigenvalue weighted by atomic mass is 31.2. The zero-order valence-electron chi connectivity index (χ0n) is 65.9. The second kappa shape index (κ2) is 42.7. The molecule has 15 heteroatoms. The Balaban J connectivity index is 0.719. The molecule has 15 aromatic rings. The molecule has 0 aliphatic heterocycles. The number of hydrogen-bond donors (Lipinski definition) is 0. The van der Waals surface area contributed by atoms with Crippen LogP contribution in [0.15, 0.2) is 382 Å². The van der Waals surface area contributed by atoms with Crippen molar-refractivity contribution in [2.45, 2.75) is 92.5 Å². The van der Waals surface area contributed by atoms with Gasteiger partial charge < -0.3 is 65.9 Å². The van der Waals surface area contributed by atoms with Gasteiger partial charge in [0.25, 0.3) is 0 Å². The van der Waals surface area contributed by atoms with Crippen LogP contribution in [0.5, 0.6) is 69.0 Å². The molecule has 0 saturated heterocycles. The molecule has 596 valence electrons. The molecule has 15 rings (SSSR count). The van der Waals surface area contributed by atoms with Crippen LogP contribution in [0.4, 0.5) is 0 Å². The van der Waals surface area contributed by atoms with E-state index in [2.05, 4.69) is 0 Å². The molecule has 119 heavy (non-hydrogen) atoms. The average Bonchev–Trinajstić information content (AvgIpc) is 0.856. The van der Waals surface area contributed by atoms with Gasteiger partial charge in [0.05, 0.1) is 13.2 Å². The molecule has 0 unspecified atom stereocenters. The van der Waals surface area contributed by atoms with E-state index in [4.69, 9.17) is 65.9 Å². The lowest BCUT2D eigenvalue weighted by Crippen LogP contribution is -2.07. The molecule has 0 N–H and O–H groups in total. The van der Waals surface area contributed by atoms with Crippen LogP contribution >= 0.6 is 8.38 Å². The second-order valence-electron chi connectivity index (χ2n) is 28.4. The van der Waals surface area contributed by atoms with Gasteiger partial charge in [0.2, 0.25) is 8.38 Å². The van der Waals surface area contributed by atoms with Crippen LogP contribution in [0.2, 0.25) is 0 Å². The first-order valence-corrected chi connectivity index (χ1v) is 40.8. The first-order chi connectivity index (χ1) is 58.8. The molecule has 0 aliphatic rings. The molecule has 0 atom stereocenters. The Morgan fingerprint density at radius 2 is 0.252 bits per heavy atom. The fourth-order valence-corrected chi connectivity index (χ4v) is 14.2. The molecular formula is C104H91O14P. The van der Waals surface area contributed by atoms with Gasteiger partial charge in [-0.1, -0.05) is 261 Å². The van der Waals surface area contributed by atoms with E-state index in [1.54, 1.807) is 0 Å². The Labute approximate surface area is 697 Å². The van der Waals surface area contributed by atoms with Crippen LogP contribution in [-0.2, 0) is 102 Å². The van der Waals surface area contributed by atoms with Gasteiger partial charge >= 0.3 is 0 Å².